The molecule has 1 fully saturated rings. The second-order valence-corrected chi connectivity index (χ2v) is 6.65. The summed E-state index contributed by atoms with van der Waals surface area (Å²) in [4.78, 5) is 16.3. The van der Waals surface area contributed by atoms with Gasteiger partial charge in [-0.1, -0.05) is 44.2 Å². The van der Waals surface area contributed by atoms with Gasteiger partial charge in [0, 0.05) is 19.6 Å². The van der Waals surface area contributed by atoms with Gasteiger partial charge in [0.05, 0.1) is 12.6 Å². The average molecular weight is 304 g/mol. The smallest absolute Gasteiger partial charge is 0.236 e. The maximum Gasteiger partial charge on any atom is 0.236 e. The molecule has 22 heavy (non-hydrogen) atoms. The van der Waals surface area contributed by atoms with Gasteiger partial charge in [-0.15, -0.1) is 0 Å². The van der Waals surface area contributed by atoms with E-state index in [1.54, 1.807) is 0 Å². The number of aliphatic hydroxyl groups is 1. The van der Waals surface area contributed by atoms with E-state index in [-0.39, 0.29) is 5.91 Å². The van der Waals surface area contributed by atoms with E-state index in [9.17, 15) is 9.90 Å². The van der Waals surface area contributed by atoms with Crippen LogP contribution in [0, 0.1) is 5.92 Å². The molecule has 1 amide bonds. The molecule has 1 aliphatic rings. The van der Waals surface area contributed by atoms with Gasteiger partial charge in [0.25, 0.3) is 0 Å². The van der Waals surface area contributed by atoms with Crippen molar-refractivity contribution in [2.45, 2.75) is 32.8 Å². The molecule has 1 heterocycles. The number of carbonyl (C=O) groups excluding carboxylic acids is 1. The van der Waals surface area contributed by atoms with Crippen molar-refractivity contribution in [3.05, 3.63) is 35.9 Å². The zero-order chi connectivity index (χ0) is 15.9. The quantitative estimate of drug-likeness (QED) is 0.871. The van der Waals surface area contributed by atoms with E-state index in [0.29, 0.717) is 32.1 Å². The maximum atomic E-state index is 12.4. The van der Waals surface area contributed by atoms with Crippen LogP contribution < -0.4 is 0 Å². The van der Waals surface area contributed by atoms with E-state index in [1.807, 2.05) is 23.1 Å². The lowest BCUT2D eigenvalue weighted by Crippen LogP contribution is -2.38. The van der Waals surface area contributed by atoms with E-state index in [2.05, 4.69) is 30.9 Å². The van der Waals surface area contributed by atoms with Crippen LogP contribution >= 0.6 is 0 Å². The van der Waals surface area contributed by atoms with E-state index >= 15 is 0 Å². The van der Waals surface area contributed by atoms with Crippen LogP contribution in [0.5, 0.6) is 0 Å². The van der Waals surface area contributed by atoms with Crippen molar-refractivity contribution < 1.29 is 9.90 Å². The Morgan fingerprint density at radius 3 is 2.59 bits per heavy atom. The van der Waals surface area contributed by atoms with Gasteiger partial charge < -0.3 is 10.0 Å². The molecular formula is C18H28N2O2. The van der Waals surface area contributed by atoms with Crippen LogP contribution in [0.4, 0.5) is 0 Å². The molecule has 0 saturated carbocycles. The number of β-amino-alcohol motifs (C(OH)–C–C–N with tert-alkyl or cyclic N) is 1. The second kappa shape index (κ2) is 8.30. The third-order valence-corrected chi connectivity index (χ3v) is 4.15. The summed E-state index contributed by atoms with van der Waals surface area (Å²) in [7, 11) is 0. The summed E-state index contributed by atoms with van der Waals surface area (Å²) in [5.74, 6) is 0.751. The van der Waals surface area contributed by atoms with Crippen LogP contribution in [-0.2, 0) is 11.2 Å². The molecule has 2 rings (SSSR count). The number of benzene rings is 1. The summed E-state index contributed by atoms with van der Waals surface area (Å²) in [5.41, 5.74) is 1.23. The molecule has 0 aromatic heterocycles. The van der Waals surface area contributed by atoms with Crippen molar-refractivity contribution in [3.63, 3.8) is 0 Å². The topological polar surface area (TPSA) is 43.8 Å². The zero-order valence-electron chi connectivity index (χ0n) is 13.7. The Kier molecular flexibility index (Phi) is 6.40. The Morgan fingerprint density at radius 2 is 1.91 bits per heavy atom. The third-order valence-electron chi connectivity index (χ3n) is 4.15. The maximum absolute atomic E-state index is 12.4. The Bertz CT molecular complexity index is 461. The summed E-state index contributed by atoms with van der Waals surface area (Å²) in [6.07, 6.45) is 1.45. The normalized spacial score (nSPS) is 20.5. The number of hydrogen-bond acceptors (Lipinski definition) is 3. The minimum absolute atomic E-state index is 0.135. The van der Waals surface area contributed by atoms with Crippen molar-refractivity contribution in [3.8, 4) is 0 Å². The summed E-state index contributed by atoms with van der Waals surface area (Å²) >= 11 is 0. The van der Waals surface area contributed by atoms with Crippen molar-refractivity contribution in [1.82, 2.24) is 9.80 Å². The van der Waals surface area contributed by atoms with Crippen molar-refractivity contribution in [2.24, 2.45) is 5.92 Å². The van der Waals surface area contributed by atoms with E-state index in [0.717, 1.165) is 19.4 Å². The van der Waals surface area contributed by atoms with E-state index < -0.39 is 6.10 Å². The molecule has 0 spiro atoms. The highest BCUT2D eigenvalue weighted by Gasteiger charge is 2.26. The van der Waals surface area contributed by atoms with Gasteiger partial charge in [-0.25, -0.2) is 0 Å². The Morgan fingerprint density at radius 1 is 1.18 bits per heavy atom. The average Bonchev–Trinajstić information content (AvgIpc) is 2.62. The zero-order valence-corrected chi connectivity index (χ0v) is 13.7. The highest BCUT2D eigenvalue weighted by atomic mass is 16.3. The molecule has 0 bridgehead atoms. The SMILES string of the molecule is CC(C)CCN1CC(=O)N(CCc2ccccc2)CC(O)C1. The lowest BCUT2D eigenvalue weighted by Gasteiger charge is -2.22. The van der Waals surface area contributed by atoms with Gasteiger partial charge in [-0.3, -0.25) is 9.69 Å². The molecular weight excluding hydrogens is 276 g/mol. The molecule has 1 aliphatic heterocycles. The predicted octanol–water partition coefficient (Wildman–Crippen LogP) is 1.78. The van der Waals surface area contributed by atoms with Gasteiger partial charge in [-0.05, 0) is 30.9 Å². The third kappa shape index (κ3) is 5.43. The van der Waals surface area contributed by atoms with E-state index in [1.165, 1.54) is 5.56 Å². The molecule has 1 unspecified atom stereocenters. The molecule has 0 radical (unpaired) electrons. The minimum atomic E-state index is -0.450. The highest BCUT2D eigenvalue weighted by Crippen LogP contribution is 2.10. The molecule has 1 aromatic carbocycles. The van der Waals surface area contributed by atoms with Crippen molar-refractivity contribution in [1.29, 1.82) is 0 Å². The Hall–Kier alpha value is -1.39. The van der Waals surface area contributed by atoms with Crippen LogP contribution in [0.3, 0.4) is 0 Å². The predicted molar refractivity (Wildman–Crippen MR) is 88.6 cm³/mol. The molecule has 4 nitrogen and oxygen atoms in total. The number of amides is 1. The number of rotatable bonds is 6. The van der Waals surface area contributed by atoms with E-state index in [4.69, 9.17) is 0 Å². The first kappa shape index (κ1) is 17.0. The standard InChI is InChI=1S/C18H28N2O2/c1-15(2)8-10-19-12-17(21)13-20(18(22)14-19)11-9-16-6-4-3-5-7-16/h3-7,15,17,21H,8-14H2,1-2H3. The number of nitrogens with zero attached hydrogens (tertiary/aromatic N) is 2. The fourth-order valence-electron chi connectivity index (χ4n) is 2.80. The van der Waals surface area contributed by atoms with Crippen molar-refractivity contribution >= 4 is 5.91 Å². The molecule has 1 saturated heterocycles. The summed E-state index contributed by atoms with van der Waals surface area (Å²) in [6.45, 7) is 7.40. The first-order valence-electron chi connectivity index (χ1n) is 8.26. The number of carbonyl (C=O) groups is 1. The van der Waals surface area contributed by atoms with Gasteiger partial charge in [0.2, 0.25) is 5.91 Å². The van der Waals surface area contributed by atoms with Gasteiger partial charge in [0.1, 0.15) is 0 Å². The molecule has 1 aromatic rings. The first-order chi connectivity index (χ1) is 10.5. The Balaban J connectivity index is 1.88. The largest absolute Gasteiger partial charge is 0.390 e. The number of hydrogen-bond donors (Lipinski definition) is 1. The molecule has 0 aliphatic carbocycles. The monoisotopic (exact) mass is 304 g/mol. The lowest BCUT2D eigenvalue weighted by atomic mass is 10.1. The lowest BCUT2D eigenvalue weighted by molar-refractivity contribution is -0.131. The van der Waals surface area contributed by atoms with Crippen LogP contribution in [-0.4, -0.2) is 59.6 Å². The minimum Gasteiger partial charge on any atom is -0.390 e. The summed E-state index contributed by atoms with van der Waals surface area (Å²) in [5, 5.41) is 10.2. The highest BCUT2D eigenvalue weighted by molar-refractivity contribution is 5.78. The molecule has 122 valence electrons. The van der Waals surface area contributed by atoms with Crippen LogP contribution in [0.2, 0.25) is 0 Å². The Labute approximate surface area is 133 Å². The van der Waals surface area contributed by atoms with Crippen LogP contribution in [0.25, 0.3) is 0 Å². The molecule has 4 heteroatoms. The van der Waals surface area contributed by atoms with Crippen LogP contribution in [0.15, 0.2) is 30.3 Å². The van der Waals surface area contributed by atoms with Gasteiger partial charge in [-0.2, -0.15) is 0 Å². The fourth-order valence-corrected chi connectivity index (χ4v) is 2.80. The summed E-state index contributed by atoms with van der Waals surface area (Å²) in [6, 6.07) is 10.2. The van der Waals surface area contributed by atoms with Gasteiger partial charge >= 0.3 is 0 Å². The number of aliphatic hydroxyl groups excluding tert-OH is 1. The molecule has 1 atom stereocenters. The second-order valence-electron chi connectivity index (χ2n) is 6.65. The van der Waals surface area contributed by atoms with Crippen molar-refractivity contribution in [2.75, 3.05) is 32.7 Å². The van der Waals surface area contributed by atoms with Gasteiger partial charge in [0.15, 0.2) is 0 Å². The fraction of sp³-hybridized carbons (Fsp3) is 0.611. The first-order valence-corrected chi connectivity index (χ1v) is 8.26. The summed E-state index contributed by atoms with van der Waals surface area (Å²) < 4.78 is 0. The molecule has 1 N–H and O–H groups in total. The van der Waals surface area contributed by atoms with Crippen LogP contribution in [0.1, 0.15) is 25.8 Å².